The highest BCUT2D eigenvalue weighted by Gasteiger charge is 2.21. The van der Waals surface area contributed by atoms with Crippen molar-refractivity contribution in [2.45, 2.75) is 4.90 Å². The first-order chi connectivity index (χ1) is 10.3. The number of hydrogen-bond acceptors (Lipinski definition) is 4. The lowest BCUT2D eigenvalue weighted by Gasteiger charge is -2.09. The van der Waals surface area contributed by atoms with E-state index in [9.17, 15) is 18.0 Å². The smallest absolute Gasteiger partial charge is 0.336 e. The maximum atomic E-state index is 12.2. The number of aromatic carboxylic acids is 2. The Morgan fingerprint density at radius 3 is 2.00 bits per heavy atom. The van der Waals surface area contributed by atoms with Gasteiger partial charge in [0.2, 0.25) is 0 Å². The summed E-state index contributed by atoms with van der Waals surface area (Å²) in [6.07, 6.45) is 0. The van der Waals surface area contributed by atoms with Crippen LogP contribution >= 0.6 is 0 Å². The van der Waals surface area contributed by atoms with Crippen molar-refractivity contribution in [1.29, 1.82) is 0 Å². The average Bonchev–Trinajstić information content (AvgIpc) is 2.47. The van der Waals surface area contributed by atoms with Crippen LogP contribution in [0.25, 0.3) is 0 Å². The molecule has 0 bridgehead atoms. The number of benzene rings is 2. The Kier molecular flexibility index (Phi) is 4.13. The highest BCUT2D eigenvalue weighted by atomic mass is 32.2. The van der Waals surface area contributed by atoms with Crippen molar-refractivity contribution in [2.75, 3.05) is 4.72 Å². The van der Waals surface area contributed by atoms with Gasteiger partial charge >= 0.3 is 11.9 Å². The maximum Gasteiger partial charge on any atom is 0.336 e. The van der Waals surface area contributed by atoms with Gasteiger partial charge in [0.1, 0.15) is 0 Å². The van der Waals surface area contributed by atoms with Crippen molar-refractivity contribution in [3.05, 3.63) is 59.7 Å². The molecule has 0 amide bonds. The second-order valence-corrected chi connectivity index (χ2v) is 5.97. The van der Waals surface area contributed by atoms with Crippen molar-refractivity contribution in [3.63, 3.8) is 0 Å². The molecule has 0 radical (unpaired) electrons. The van der Waals surface area contributed by atoms with Crippen molar-refractivity contribution < 1.29 is 28.2 Å². The first-order valence-corrected chi connectivity index (χ1v) is 7.48. The van der Waals surface area contributed by atoms with Crippen LogP contribution in [0.2, 0.25) is 0 Å². The van der Waals surface area contributed by atoms with Crippen LogP contribution in [0.4, 0.5) is 5.69 Å². The van der Waals surface area contributed by atoms with Crippen molar-refractivity contribution in [3.8, 4) is 0 Å². The van der Waals surface area contributed by atoms with E-state index in [1.165, 1.54) is 12.1 Å². The summed E-state index contributed by atoms with van der Waals surface area (Å²) in [4.78, 5) is 21.7. The third kappa shape index (κ3) is 3.23. The maximum absolute atomic E-state index is 12.2. The Balaban J connectivity index is 2.46. The molecule has 0 aliphatic heterocycles. The standard InChI is InChI=1S/C14H11NO6S/c16-13(17)11-7-6-10(8-12(11)14(18)19)22(20,21)15-9-4-2-1-3-5-9/h1-8,15H,(H,16,17)(H,18,19). The van der Waals surface area contributed by atoms with Gasteiger partial charge in [-0.2, -0.15) is 0 Å². The molecule has 0 aliphatic rings. The topological polar surface area (TPSA) is 121 Å². The molecule has 0 saturated carbocycles. The second kappa shape index (κ2) is 5.86. The zero-order chi connectivity index (χ0) is 16.3. The molecule has 2 aromatic rings. The highest BCUT2D eigenvalue weighted by Crippen LogP contribution is 2.19. The molecule has 0 heterocycles. The summed E-state index contributed by atoms with van der Waals surface area (Å²) in [7, 11) is -4.02. The summed E-state index contributed by atoms with van der Waals surface area (Å²) in [6.45, 7) is 0. The summed E-state index contributed by atoms with van der Waals surface area (Å²) in [5.74, 6) is -2.97. The van der Waals surface area contributed by atoms with Gasteiger partial charge in [0.05, 0.1) is 16.0 Å². The molecule has 0 aliphatic carbocycles. The van der Waals surface area contributed by atoms with Crippen molar-refractivity contribution >= 4 is 27.6 Å². The molecule has 0 unspecified atom stereocenters. The lowest BCUT2D eigenvalue weighted by molar-refractivity contribution is 0.0651. The molecule has 0 aromatic heterocycles. The Bertz CT molecular complexity index is 830. The van der Waals surface area contributed by atoms with Gasteiger partial charge in [0.25, 0.3) is 10.0 Å². The van der Waals surface area contributed by atoms with E-state index in [1.54, 1.807) is 18.2 Å². The molecule has 0 fully saturated rings. The van der Waals surface area contributed by atoms with Gasteiger partial charge in [-0.1, -0.05) is 18.2 Å². The van der Waals surface area contributed by atoms with E-state index in [2.05, 4.69) is 4.72 Å². The Morgan fingerprint density at radius 1 is 0.864 bits per heavy atom. The lowest BCUT2D eigenvalue weighted by atomic mass is 10.1. The molecule has 22 heavy (non-hydrogen) atoms. The van der Waals surface area contributed by atoms with Gasteiger partial charge in [-0.3, -0.25) is 4.72 Å². The van der Waals surface area contributed by atoms with Gasteiger partial charge in [-0.05, 0) is 30.3 Å². The minimum Gasteiger partial charge on any atom is -0.478 e. The average molecular weight is 321 g/mol. The predicted molar refractivity (Wildman–Crippen MR) is 77.6 cm³/mol. The first kappa shape index (κ1) is 15.5. The third-order valence-electron chi connectivity index (χ3n) is 2.79. The summed E-state index contributed by atoms with van der Waals surface area (Å²) < 4.78 is 26.7. The Morgan fingerprint density at radius 2 is 1.45 bits per heavy atom. The van der Waals surface area contributed by atoms with Crippen LogP contribution in [0.5, 0.6) is 0 Å². The van der Waals surface area contributed by atoms with Crippen LogP contribution in [-0.2, 0) is 10.0 Å². The highest BCUT2D eigenvalue weighted by molar-refractivity contribution is 7.92. The quantitative estimate of drug-likeness (QED) is 0.773. The molecular formula is C14H11NO6S. The molecular weight excluding hydrogens is 310 g/mol. The summed E-state index contributed by atoms with van der Waals surface area (Å²) in [6, 6.07) is 10.8. The number of rotatable bonds is 5. The molecule has 0 spiro atoms. The number of carboxylic acid groups (broad SMARTS) is 2. The number of hydrogen-bond donors (Lipinski definition) is 3. The molecule has 0 saturated heterocycles. The summed E-state index contributed by atoms with van der Waals surface area (Å²) in [5.41, 5.74) is -0.767. The number of nitrogens with one attached hydrogen (secondary N) is 1. The minimum atomic E-state index is -4.02. The SMILES string of the molecule is O=C(O)c1ccc(S(=O)(=O)Nc2ccccc2)cc1C(=O)O. The number of carbonyl (C=O) groups is 2. The monoisotopic (exact) mass is 321 g/mol. The normalized spacial score (nSPS) is 10.9. The van der Waals surface area contributed by atoms with E-state index in [0.717, 1.165) is 18.2 Å². The molecule has 2 aromatic carbocycles. The lowest BCUT2D eigenvalue weighted by Crippen LogP contribution is -2.15. The molecule has 114 valence electrons. The van der Waals surface area contributed by atoms with Gasteiger partial charge in [-0.25, -0.2) is 18.0 Å². The minimum absolute atomic E-state index is 0.307. The van der Waals surface area contributed by atoms with E-state index < -0.39 is 33.1 Å². The molecule has 7 nitrogen and oxygen atoms in total. The van der Waals surface area contributed by atoms with Gasteiger partial charge < -0.3 is 10.2 Å². The van der Waals surface area contributed by atoms with Crippen LogP contribution in [0.15, 0.2) is 53.4 Å². The zero-order valence-electron chi connectivity index (χ0n) is 11.1. The fraction of sp³-hybridized carbons (Fsp3) is 0. The van der Waals surface area contributed by atoms with Gasteiger partial charge in [0.15, 0.2) is 0 Å². The Labute approximate surface area is 125 Å². The fourth-order valence-electron chi connectivity index (χ4n) is 1.77. The van der Waals surface area contributed by atoms with Gasteiger partial charge in [-0.15, -0.1) is 0 Å². The largest absolute Gasteiger partial charge is 0.478 e. The van der Waals surface area contributed by atoms with E-state index >= 15 is 0 Å². The van der Waals surface area contributed by atoms with E-state index in [-0.39, 0.29) is 4.90 Å². The summed E-state index contributed by atoms with van der Waals surface area (Å²) in [5, 5.41) is 17.9. The first-order valence-electron chi connectivity index (χ1n) is 6.00. The number of sulfonamides is 1. The number of carboxylic acids is 2. The molecule has 8 heteroatoms. The second-order valence-electron chi connectivity index (χ2n) is 4.29. The zero-order valence-corrected chi connectivity index (χ0v) is 11.9. The fourth-order valence-corrected chi connectivity index (χ4v) is 2.86. The number of para-hydroxylation sites is 1. The van der Waals surface area contributed by atoms with Crippen LogP contribution in [0.1, 0.15) is 20.7 Å². The Hall–Kier alpha value is -2.87. The van der Waals surface area contributed by atoms with Crippen molar-refractivity contribution in [2.24, 2.45) is 0 Å². The predicted octanol–water partition coefficient (Wildman–Crippen LogP) is 1.88. The molecule has 2 rings (SSSR count). The van der Waals surface area contributed by atoms with Gasteiger partial charge in [0, 0.05) is 5.69 Å². The van der Waals surface area contributed by atoms with E-state index in [4.69, 9.17) is 10.2 Å². The molecule has 3 N–H and O–H groups in total. The van der Waals surface area contributed by atoms with E-state index in [1.807, 2.05) is 0 Å². The number of anilines is 1. The van der Waals surface area contributed by atoms with Crippen LogP contribution < -0.4 is 4.72 Å². The van der Waals surface area contributed by atoms with Crippen LogP contribution in [0, 0.1) is 0 Å². The van der Waals surface area contributed by atoms with Crippen molar-refractivity contribution in [1.82, 2.24) is 0 Å². The third-order valence-corrected chi connectivity index (χ3v) is 4.17. The summed E-state index contributed by atoms with van der Waals surface area (Å²) >= 11 is 0. The van der Waals surface area contributed by atoms with Crippen LogP contribution in [0.3, 0.4) is 0 Å². The molecule has 0 atom stereocenters. The van der Waals surface area contributed by atoms with E-state index in [0.29, 0.717) is 5.69 Å². The van der Waals surface area contributed by atoms with Crippen LogP contribution in [-0.4, -0.2) is 30.6 Å².